The summed E-state index contributed by atoms with van der Waals surface area (Å²) in [6.45, 7) is 4.36. The summed E-state index contributed by atoms with van der Waals surface area (Å²) in [7, 11) is 0. The minimum Gasteiger partial charge on any atom is -0.123 e. The van der Waals surface area contributed by atoms with Crippen LogP contribution in [-0.4, -0.2) is 5.38 Å². The van der Waals surface area contributed by atoms with Crippen molar-refractivity contribution in [3.8, 4) is 0 Å². The van der Waals surface area contributed by atoms with Gasteiger partial charge in [-0.2, -0.15) is 0 Å². The molecule has 0 nitrogen and oxygen atoms in total. The molecule has 0 saturated heterocycles. The lowest BCUT2D eigenvalue weighted by Crippen LogP contribution is -2.11. The summed E-state index contributed by atoms with van der Waals surface area (Å²) in [5.41, 5.74) is 4.16. The Balaban J connectivity index is 1.85. The number of hydrogen-bond donors (Lipinski definition) is 0. The minimum absolute atomic E-state index is 0.310. The van der Waals surface area contributed by atoms with Crippen LogP contribution in [0.15, 0.2) is 18.2 Å². The van der Waals surface area contributed by atoms with E-state index in [1.165, 1.54) is 61.6 Å². The second-order valence-electron chi connectivity index (χ2n) is 6.31. The Morgan fingerprint density at radius 3 is 2.37 bits per heavy atom. The Labute approximate surface area is 123 Å². The summed E-state index contributed by atoms with van der Waals surface area (Å²) < 4.78 is 0. The fourth-order valence-electron chi connectivity index (χ4n) is 3.23. The van der Waals surface area contributed by atoms with Gasteiger partial charge in [-0.1, -0.05) is 56.7 Å². The molecule has 1 fully saturated rings. The van der Waals surface area contributed by atoms with Gasteiger partial charge in [0.15, 0.2) is 0 Å². The average Bonchev–Trinajstić information content (AvgIpc) is 2.62. The molecule has 1 aliphatic carbocycles. The molecular formula is C18H27Cl. The van der Waals surface area contributed by atoms with Crippen LogP contribution in [0.2, 0.25) is 0 Å². The Bertz CT molecular complexity index is 389. The van der Waals surface area contributed by atoms with Crippen molar-refractivity contribution in [2.24, 2.45) is 5.92 Å². The molecule has 1 unspecified atom stereocenters. The third-order valence-electron chi connectivity index (χ3n) is 4.59. The van der Waals surface area contributed by atoms with E-state index < -0.39 is 0 Å². The molecule has 0 aromatic heterocycles. The summed E-state index contributed by atoms with van der Waals surface area (Å²) in [5.74, 6) is 0.872. The van der Waals surface area contributed by atoms with Crippen LogP contribution in [-0.2, 0) is 6.42 Å². The number of halogens is 1. The molecular weight excluding hydrogens is 252 g/mol. The molecule has 0 amide bonds. The summed E-state index contributed by atoms with van der Waals surface area (Å²) >= 11 is 6.59. The Kier molecular flexibility index (Phi) is 5.76. The van der Waals surface area contributed by atoms with E-state index in [0.717, 1.165) is 12.3 Å². The highest BCUT2D eigenvalue weighted by molar-refractivity contribution is 6.20. The monoisotopic (exact) mass is 278 g/mol. The van der Waals surface area contributed by atoms with Gasteiger partial charge in [0.1, 0.15) is 0 Å². The van der Waals surface area contributed by atoms with Crippen molar-refractivity contribution in [3.05, 3.63) is 34.9 Å². The smallest absolute Gasteiger partial charge is 0.0379 e. The quantitative estimate of drug-likeness (QED) is 0.481. The maximum atomic E-state index is 6.59. The molecule has 106 valence electrons. The van der Waals surface area contributed by atoms with E-state index in [2.05, 4.69) is 32.0 Å². The Morgan fingerprint density at radius 1 is 1.05 bits per heavy atom. The minimum atomic E-state index is 0.310. The summed E-state index contributed by atoms with van der Waals surface area (Å²) in [4.78, 5) is 0. The Hall–Kier alpha value is -0.490. The predicted octanol–water partition coefficient (Wildman–Crippen LogP) is 5.81. The first-order valence-corrected chi connectivity index (χ1v) is 8.29. The molecule has 19 heavy (non-hydrogen) atoms. The third kappa shape index (κ3) is 4.84. The van der Waals surface area contributed by atoms with Crippen molar-refractivity contribution < 1.29 is 0 Å². The highest BCUT2D eigenvalue weighted by Crippen LogP contribution is 2.29. The van der Waals surface area contributed by atoms with E-state index in [-0.39, 0.29) is 0 Å². The topological polar surface area (TPSA) is 0 Å². The molecule has 1 aromatic carbocycles. The zero-order chi connectivity index (χ0) is 13.7. The highest BCUT2D eigenvalue weighted by atomic mass is 35.5. The SMILES string of the molecule is Cc1ccc(CC(Cl)CC2CCCCCC2)cc1C. The number of rotatable bonds is 4. The molecule has 0 aliphatic heterocycles. The Morgan fingerprint density at radius 2 is 1.74 bits per heavy atom. The van der Waals surface area contributed by atoms with Gasteiger partial charge < -0.3 is 0 Å². The van der Waals surface area contributed by atoms with Gasteiger partial charge in [-0.15, -0.1) is 11.6 Å². The third-order valence-corrected chi connectivity index (χ3v) is 4.92. The van der Waals surface area contributed by atoms with Crippen molar-refractivity contribution >= 4 is 11.6 Å². The standard InChI is InChI=1S/C18H27Cl/c1-14-9-10-17(11-15(14)2)13-18(19)12-16-7-5-3-4-6-8-16/h9-11,16,18H,3-8,12-13H2,1-2H3. The molecule has 2 rings (SSSR count). The second-order valence-corrected chi connectivity index (χ2v) is 6.93. The predicted molar refractivity (Wildman–Crippen MR) is 85.1 cm³/mol. The first-order chi connectivity index (χ1) is 9.15. The zero-order valence-corrected chi connectivity index (χ0v) is 13.2. The summed E-state index contributed by atoms with van der Waals surface area (Å²) in [5, 5.41) is 0.310. The van der Waals surface area contributed by atoms with Gasteiger partial charge in [0.05, 0.1) is 0 Å². The normalized spacial score (nSPS) is 19.1. The average molecular weight is 279 g/mol. The molecule has 1 aromatic rings. The van der Waals surface area contributed by atoms with Crippen molar-refractivity contribution in [2.45, 2.75) is 70.6 Å². The first kappa shape index (κ1) is 14.9. The fraction of sp³-hybridized carbons (Fsp3) is 0.667. The summed E-state index contributed by atoms with van der Waals surface area (Å²) in [6, 6.07) is 6.77. The number of benzene rings is 1. The molecule has 0 spiro atoms. The largest absolute Gasteiger partial charge is 0.123 e. The molecule has 0 N–H and O–H groups in total. The van der Waals surface area contributed by atoms with Crippen LogP contribution >= 0.6 is 11.6 Å². The van der Waals surface area contributed by atoms with Crippen LogP contribution < -0.4 is 0 Å². The van der Waals surface area contributed by atoms with Crippen LogP contribution in [0.1, 0.15) is 61.6 Å². The van der Waals surface area contributed by atoms with E-state index >= 15 is 0 Å². The first-order valence-electron chi connectivity index (χ1n) is 7.85. The van der Waals surface area contributed by atoms with E-state index in [9.17, 15) is 0 Å². The van der Waals surface area contributed by atoms with Gasteiger partial charge in [-0.3, -0.25) is 0 Å². The zero-order valence-electron chi connectivity index (χ0n) is 12.4. The molecule has 1 aliphatic rings. The molecule has 1 atom stereocenters. The number of alkyl halides is 1. The van der Waals surface area contributed by atoms with Crippen LogP contribution in [0.4, 0.5) is 0 Å². The van der Waals surface area contributed by atoms with E-state index in [4.69, 9.17) is 11.6 Å². The molecule has 1 saturated carbocycles. The van der Waals surface area contributed by atoms with Crippen molar-refractivity contribution in [1.29, 1.82) is 0 Å². The molecule has 0 radical (unpaired) electrons. The second kappa shape index (κ2) is 7.33. The van der Waals surface area contributed by atoms with E-state index in [1.807, 2.05) is 0 Å². The van der Waals surface area contributed by atoms with Crippen molar-refractivity contribution in [3.63, 3.8) is 0 Å². The molecule has 0 heterocycles. The van der Waals surface area contributed by atoms with Crippen LogP contribution in [0, 0.1) is 19.8 Å². The van der Waals surface area contributed by atoms with Gasteiger partial charge in [-0.05, 0) is 49.3 Å². The lowest BCUT2D eigenvalue weighted by Gasteiger charge is -2.18. The van der Waals surface area contributed by atoms with Gasteiger partial charge >= 0.3 is 0 Å². The summed E-state index contributed by atoms with van der Waals surface area (Å²) in [6.07, 6.45) is 10.7. The fourth-order valence-corrected chi connectivity index (χ4v) is 3.66. The van der Waals surface area contributed by atoms with Gasteiger partial charge in [0.2, 0.25) is 0 Å². The van der Waals surface area contributed by atoms with Gasteiger partial charge in [-0.25, -0.2) is 0 Å². The van der Waals surface area contributed by atoms with E-state index in [1.54, 1.807) is 0 Å². The highest BCUT2D eigenvalue weighted by Gasteiger charge is 2.17. The lowest BCUT2D eigenvalue weighted by molar-refractivity contribution is 0.419. The number of aryl methyl sites for hydroxylation is 2. The van der Waals surface area contributed by atoms with Crippen molar-refractivity contribution in [1.82, 2.24) is 0 Å². The van der Waals surface area contributed by atoms with Crippen LogP contribution in [0.25, 0.3) is 0 Å². The maximum Gasteiger partial charge on any atom is 0.0379 e. The van der Waals surface area contributed by atoms with Gasteiger partial charge in [0, 0.05) is 5.38 Å². The maximum absolute atomic E-state index is 6.59. The van der Waals surface area contributed by atoms with Crippen molar-refractivity contribution in [2.75, 3.05) is 0 Å². The lowest BCUT2D eigenvalue weighted by atomic mass is 9.92. The molecule has 1 heteroatoms. The van der Waals surface area contributed by atoms with Crippen LogP contribution in [0.5, 0.6) is 0 Å². The molecule has 0 bridgehead atoms. The van der Waals surface area contributed by atoms with Crippen LogP contribution in [0.3, 0.4) is 0 Å². The van der Waals surface area contributed by atoms with E-state index in [0.29, 0.717) is 5.38 Å². The number of hydrogen-bond acceptors (Lipinski definition) is 0. The van der Waals surface area contributed by atoms with Gasteiger partial charge in [0.25, 0.3) is 0 Å².